The van der Waals surface area contributed by atoms with Crippen molar-refractivity contribution in [2.45, 2.75) is 45.1 Å². The van der Waals surface area contributed by atoms with Crippen LogP contribution in [0.2, 0.25) is 0 Å². The second-order valence-electron chi connectivity index (χ2n) is 5.18. The second-order valence-corrected chi connectivity index (χ2v) is 5.93. The molecule has 0 saturated heterocycles. The van der Waals surface area contributed by atoms with Gasteiger partial charge in [-0.2, -0.15) is 4.37 Å². The summed E-state index contributed by atoms with van der Waals surface area (Å²) in [6, 6.07) is 0.332. The highest BCUT2D eigenvalue weighted by Crippen LogP contribution is 2.35. The zero-order valence-corrected chi connectivity index (χ0v) is 13.2. The summed E-state index contributed by atoms with van der Waals surface area (Å²) in [5.41, 5.74) is 6.19. The van der Waals surface area contributed by atoms with Gasteiger partial charge in [0, 0.05) is 12.6 Å². The monoisotopic (exact) mass is 313 g/mol. The summed E-state index contributed by atoms with van der Waals surface area (Å²) in [5, 5.41) is 10.1. The third kappa shape index (κ3) is 3.65. The summed E-state index contributed by atoms with van der Waals surface area (Å²) in [6.07, 6.45) is 5.74. The first-order valence-corrected chi connectivity index (χ1v) is 8.26. The summed E-state index contributed by atoms with van der Waals surface area (Å²) >= 11 is 1.21. The van der Waals surface area contributed by atoms with E-state index < -0.39 is 5.97 Å². The molecule has 7 heteroatoms. The van der Waals surface area contributed by atoms with Crippen molar-refractivity contribution in [3.05, 3.63) is 5.56 Å². The Hall–Kier alpha value is -1.34. The Morgan fingerprint density at radius 2 is 2.19 bits per heavy atom. The molecule has 6 nitrogen and oxygen atoms in total. The lowest BCUT2D eigenvalue weighted by molar-refractivity contribution is 0.0528. The van der Waals surface area contributed by atoms with Gasteiger partial charge < -0.3 is 20.5 Å². The Kier molecular flexibility index (Phi) is 5.81. The third-order valence-electron chi connectivity index (χ3n) is 3.80. The number of aromatic nitrogens is 1. The van der Waals surface area contributed by atoms with Crippen LogP contribution in [0, 0.1) is 0 Å². The van der Waals surface area contributed by atoms with Gasteiger partial charge in [0.05, 0.1) is 13.2 Å². The quantitative estimate of drug-likeness (QED) is 0.781. The molecule has 0 amide bonds. The third-order valence-corrected chi connectivity index (χ3v) is 4.70. The van der Waals surface area contributed by atoms with Gasteiger partial charge in [-0.05, 0) is 31.3 Å². The number of hydrogen-bond donors (Lipinski definition) is 2. The number of esters is 1. The van der Waals surface area contributed by atoms with Gasteiger partial charge in [-0.1, -0.05) is 19.3 Å². The molecule has 1 aliphatic rings. The molecule has 1 heterocycles. The van der Waals surface area contributed by atoms with E-state index >= 15 is 0 Å². The molecule has 1 aromatic heterocycles. The maximum atomic E-state index is 12.1. The number of hydrogen-bond acceptors (Lipinski definition) is 7. The molecule has 3 N–H and O–H groups in total. The average molecular weight is 313 g/mol. The number of aliphatic hydroxyl groups excluding tert-OH is 1. The zero-order chi connectivity index (χ0) is 15.2. The van der Waals surface area contributed by atoms with Crippen LogP contribution in [0.4, 0.5) is 10.8 Å². The van der Waals surface area contributed by atoms with Crippen molar-refractivity contribution in [3.8, 4) is 0 Å². The standard InChI is InChI=1S/C14H23N3O3S/c1-2-20-14(19)11-12(15)16-21-13(11)17(8-9-18)10-6-4-3-5-7-10/h10,18H,2-9H2,1H3,(H2,15,16). The number of nitrogens with zero attached hydrogens (tertiary/aromatic N) is 2. The lowest BCUT2D eigenvalue weighted by Crippen LogP contribution is -2.39. The highest BCUT2D eigenvalue weighted by atomic mass is 32.1. The molecule has 0 atom stereocenters. The van der Waals surface area contributed by atoms with Crippen molar-refractivity contribution < 1.29 is 14.6 Å². The van der Waals surface area contributed by atoms with Crippen molar-refractivity contribution in [1.29, 1.82) is 0 Å². The van der Waals surface area contributed by atoms with E-state index in [1.165, 1.54) is 30.8 Å². The molecular formula is C14H23N3O3S. The van der Waals surface area contributed by atoms with E-state index in [0.29, 0.717) is 24.8 Å². The van der Waals surface area contributed by atoms with E-state index in [9.17, 15) is 9.90 Å². The topological polar surface area (TPSA) is 88.7 Å². The summed E-state index contributed by atoms with van der Waals surface area (Å²) in [5.74, 6) is -0.218. The zero-order valence-electron chi connectivity index (χ0n) is 12.4. The number of nitrogens with two attached hydrogens (primary N) is 1. The number of carbonyl (C=O) groups excluding carboxylic acids is 1. The minimum absolute atomic E-state index is 0.0383. The van der Waals surface area contributed by atoms with Crippen molar-refractivity contribution in [2.24, 2.45) is 0 Å². The van der Waals surface area contributed by atoms with Crippen LogP contribution < -0.4 is 10.6 Å². The van der Waals surface area contributed by atoms with E-state index in [-0.39, 0.29) is 12.4 Å². The first-order chi connectivity index (χ1) is 10.2. The summed E-state index contributed by atoms with van der Waals surface area (Å²) < 4.78 is 9.20. The number of anilines is 2. The highest BCUT2D eigenvalue weighted by Gasteiger charge is 2.29. The van der Waals surface area contributed by atoms with Crippen LogP contribution in [0.15, 0.2) is 0 Å². The fourth-order valence-electron chi connectivity index (χ4n) is 2.83. The van der Waals surface area contributed by atoms with Crippen molar-refractivity contribution in [1.82, 2.24) is 4.37 Å². The lowest BCUT2D eigenvalue weighted by Gasteiger charge is -2.34. The lowest BCUT2D eigenvalue weighted by atomic mass is 9.94. The second kappa shape index (κ2) is 7.61. The van der Waals surface area contributed by atoms with Crippen LogP contribution in [-0.4, -0.2) is 41.2 Å². The summed E-state index contributed by atoms with van der Waals surface area (Å²) in [6.45, 7) is 2.59. The normalized spacial score (nSPS) is 15.9. The van der Waals surface area contributed by atoms with E-state index in [1.807, 2.05) is 0 Å². The van der Waals surface area contributed by atoms with Gasteiger partial charge in [0.2, 0.25) is 0 Å². The number of rotatable bonds is 6. The number of nitrogen functional groups attached to an aromatic ring is 1. The van der Waals surface area contributed by atoms with Gasteiger partial charge >= 0.3 is 5.97 Å². The van der Waals surface area contributed by atoms with Crippen molar-refractivity contribution in [2.75, 3.05) is 30.4 Å². The van der Waals surface area contributed by atoms with Crippen molar-refractivity contribution in [3.63, 3.8) is 0 Å². The van der Waals surface area contributed by atoms with E-state index in [0.717, 1.165) is 17.8 Å². The minimum atomic E-state index is -0.433. The predicted molar refractivity (Wildman–Crippen MR) is 83.8 cm³/mol. The Labute approximate surface area is 129 Å². The van der Waals surface area contributed by atoms with E-state index in [4.69, 9.17) is 10.5 Å². The Bertz CT molecular complexity index is 472. The first kappa shape index (κ1) is 16.0. The molecule has 0 unspecified atom stereocenters. The molecule has 0 aliphatic heterocycles. The van der Waals surface area contributed by atoms with Gasteiger partial charge in [-0.15, -0.1) is 0 Å². The number of aliphatic hydroxyl groups is 1. The van der Waals surface area contributed by atoms with Crippen molar-refractivity contribution >= 4 is 28.3 Å². The molecule has 21 heavy (non-hydrogen) atoms. The molecule has 1 aromatic rings. The van der Waals surface area contributed by atoms with Crippen LogP contribution in [-0.2, 0) is 4.74 Å². The highest BCUT2D eigenvalue weighted by molar-refractivity contribution is 7.11. The summed E-state index contributed by atoms with van der Waals surface area (Å²) in [7, 11) is 0. The van der Waals surface area contributed by atoms with Gasteiger partial charge in [-0.25, -0.2) is 4.79 Å². The fraction of sp³-hybridized carbons (Fsp3) is 0.714. The van der Waals surface area contributed by atoms with Gasteiger partial charge in [-0.3, -0.25) is 0 Å². The molecule has 1 aliphatic carbocycles. The minimum Gasteiger partial charge on any atom is -0.462 e. The van der Waals surface area contributed by atoms with Crippen LogP contribution in [0.1, 0.15) is 49.4 Å². The molecular weight excluding hydrogens is 290 g/mol. The maximum absolute atomic E-state index is 12.1. The van der Waals surface area contributed by atoms with Crippen LogP contribution >= 0.6 is 11.5 Å². The maximum Gasteiger partial charge on any atom is 0.345 e. The molecule has 1 fully saturated rings. The Morgan fingerprint density at radius 3 is 2.81 bits per heavy atom. The number of carbonyl (C=O) groups is 1. The Balaban J connectivity index is 2.29. The first-order valence-electron chi connectivity index (χ1n) is 7.48. The fourth-order valence-corrected chi connectivity index (χ4v) is 3.74. The molecule has 0 aromatic carbocycles. The van der Waals surface area contributed by atoms with Crippen LogP contribution in [0.25, 0.3) is 0 Å². The molecule has 2 rings (SSSR count). The van der Waals surface area contributed by atoms with Gasteiger partial charge in [0.15, 0.2) is 5.82 Å². The van der Waals surface area contributed by atoms with E-state index in [1.54, 1.807) is 6.92 Å². The molecule has 118 valence electrons. The van der Waals surface area contributed by atoms with Crippen LogP contribution in [0.5, 0.6) is 0 Å². The SMILES string of the molecule is CCOC(=O)c1c(N)nsc1N(CCO)C1CCCCC1. The predicted octanol–water partition coefficient (Wildman–Crippen LogP) is 2.03. The molecule has 0 spiro atoms. The summed E-state index contributed by atoms with van der Waals surface area (Å²) in [4.78, 5) is 14.2. The molecule has 0 bridgehead atoms. The molecule has 1 saturated carbocycles. The Morgan fingerprint density at radius 1 is 1.48 bits per heavy atom. The number of ether oxygens (including phenoxy) is 1. The van der Waals surface area contributed by atoms with Gasteiger partial charge in [0.25, 0.3) is 0 Å². The van der Waals surface area contributed by atoms with Crippen LogP contribution in [0.3, 0.4) is 0 Å². The largest absolute Gasteiger partial charge is 0.462 e. The van der Waals surface area contributed by atoms with Gasteiger partial charge in [0.1, 0.15) is 10.6 Å². The van der Waals surface area contributed by atoms with E-state index in [2.05, 4.69) is 9.27 Å². The molecule has 0 radical (unpaired) electrons. The smallest absolute Gasteiger partial charge is 0.345 e. The average Bonchev–Trinajstić information content (AvgIpc) is 2.87.